The molecule has 0 heterocycles. The Labute approximate surface area is 239 Å². The van der Waals surface area contributed by atoms with Gasteiger partial charge < -0.3 is 9.84 Å². The highest BCUT2D eigenvalue weighted by Gasteiger charge is 2.26. The lowest BCUT2D eigenvalue weighted by atomic mass is 9.84. The molecule has 0 radical (unpaired) electrons. The Kier molecular flexibility index (Phi) is 21.8. The fourth-order valence-electron chi connectivity index (χ4n) is 5.18. The fourth-order valence-corrected chi connectivity index (χ4v) is 5.18. The topological polar surface area (TPSA) is 29.5 Å². The van der Waals surface area contributed by atoms with Gasteiger partial charge in [0.05, 0.1) is 12.7 Å². The maximum atomic E-state index is 10.6. The van der Waals surface area contributed by atoms with E-state index in [2.05, 4.69) is 66.7 Å². The van der Waals surface area contributed by atoms with Crippen LogP contribution in [0.2, 0.25) is 0 Å². The van der Waals surface area contributed by atoms with Gasteiger partial charge in [0.25, 0.3) is 0 Å². The smallest absolute Gasteiger partial charge is 0.121 e. The number of aliphatic hydroxyl groups is 1. The zero-order valence-electron chi connectivity index (χ0n) is 25.8. The Morgan fingerprint density at radius 3 is 2.24 bits per heavy atom. The standard InChI is InChI=1S/C35H62O2.CH4/c1-8-10-12-13-14-16-26-37-35-32(7)31(6)34(36)27-33(35)25-24-30(5)23-18-22-29(4)21-17-20-28(3)19-15-11-9-2;/h19,21,27,30-31,34,36H,8-18,20,22-26H2,1-7H3;1H4/b28-19+,29-21+;. The first-order chi connectivity index (χ1) is 17.8. The first-order valence-corrected chi connectivity index (χ1v) is 15.8. The first kappa shape index (κ1) is 36.7. The maximum absolute atomic E-state index is 10.6. The molecular formula is C36H66O2. The van der Waals surface area contributed by atoms with Crippen LogP contribution in [0, 0.1) is 11.8 Å². The molecule has 0 aromatic rings. The molecule has 2 heteroatoms. The SMILES string of the molecule is C.CCCC/C=C(\C)CC/C=C(\C)CCCC(C)CCC1=CC(O)C(C)C(C)=C1OCCCCCCCC. The van der Waals surface area contributed by atoms with E-state index in [9.17, 15) is 5.11 Å². The van der Waals surface area contributed by atoms with E-state index in [0.717, 1.165) is 31.6 Å². The second-order valence-electron chi connectivity index (χ2n) is 11.9. The summed E-state index contributed by atoms with van der Waals surface area (Å²) >= 11 is 0. The van der Waals surface area contributed by atoms with Gasteiger partial charge in [-0.1, -0.05) is 110 Å². The average molecular weight is 531 g/mol. The Hall–Kier alpha value is -1.28. The van der Waals surface area contributed by atoms with Gasteiger partial charge in [0, 0.05) is 5.92 Å². The third-order valence-corrected chi connectivity index (χ3v) is 8.22. The van der Waals surface area contributed by atoms with Gasteiger partial charge >= 0.3 is 0 Å². The van der Waals surface area contributed by atoms with Crippen LogP contribution in [0.4, 0.5) is 0 Å². The van der Waals surface area contributed by atoms with Crippen molar-refractivity contribution in [1.82, 2.24) is 0 Å². The van der Waals surface area contributed by atoms with Crippen molar-refractivity contribution in [3.63, 3.8) is 0 Å². The predicted molar refractivity (Wildman–Crippen MR) is 171 cm³/mol. The zero-order valence-corrected chi connectivity index (χ0v) is 25.8. The van der Waals surface area contributed by atoms with Crippen molar-refractivity contribution >= 4 is 0 Å². The van der Waals surface area contributed by atoms with Crippen LogP contribution in [-0.2, 0) is 4.74 Å². The van der Waals surface area contributed by atoms with Crippen LogP contribution in [0.15, 0.2) is 46.3 Å². The normalized spacial score (nSPS) is 19.3. The molecule has 2 nitrogen and oxygen atoms in total. The van der Waals surface area contributed by atoms with E-state index in [4.69, 9.17) is 4.74 Å². The Bertz CT molecular complexity index is 724. The summed E-state index contributed by atoms with van der Waals surface area (Å²) in [6.45, 7) is 16.6. The molecule has 0 amide bonds. The summed E-state index contributed by atoms with van der Waals surface area (Å²) < 4.78 is 6.35. The van der Waals surface area contributed by atoms with Gasteiger partial charge in [-0.3, -0.25) is 0 Å². The summed E-state index contributed by atoms with van der Waals surface area (Å²) in [6, 6.07) is 0. The van der Waals surface area contributed by atoms with E-state index in [1.807, 2.05) is 0 Å². The number of rotatable bonds is 21. The molecule has 1 aliphatic carbocycles. The van der Waals surface area contributed by atoms with E-state index < -0.39 is 0 Å². The van der Waals surface area contributed by atoms with E-state index in [1.165, 1.54) is 94.6 Å². The van der Waals surface area contributed by atoms with Crippen molar-refractivity contribution in [2.45, 2.75) is 165 Å². The van der Waals surface area contributed by atoms with Crippen LogP contribution >= 0.6 is 0 Å². The molecule has 0 saturated heterocycles. The number of unbranched alkanes of at least 4 members (excludes halogenated alkanes) is 7. The molecule has 1 N–H and O–H groups in total. The van der Waals surface area contributed by atoms with Crippen LogP contribution < -0.4 is 0 Å². The van der Waals surface area contributed by atoms with Gasteiger partial charge in [-0.25, -0.2) is 0 Å². The first-order valence-electron chi connectivity index (χ1n) is 15.8. The van der Waals surface area contributed by atoms with Crippen LogP contribution in [0.5, 0.6) is 0 Å². The van der Waals surface area contributed by atoms with Crippen LogP contribution in [0.1, 0.15) is 159 Å². The summed E-state index contributed by atoms with van der Waals surface area (Å²) in [5.74, 6) is 1.91. The summed E-state index contributed by atoms with van der Waals surface area (Å²) in [5, 5.41) is 10.6. The lowest BCUT2D eigenvalue weighted by molar-refractivity contribution is 0.154. The number of ether oxygens (including phenoxy) is 1. The third kappa shape index (κ3) is 16.0. The third-order valence-electron chi connectivity index (χ3n) is 8.22. The summed E-state index contributed by atoms with van der Waals surface area (Å²) in [4.78, 5) is 0. The molecule has 0 aromatic carbocycles. The highest BCUT2D eigenvalue weighted by atomic mass is 16.5. The molecule has 38 heavy (non-hydrogen) atoms. The molecule has 0 fully saturated rings. The monoisotopic (exact) mass is 531 g/mol. The molecule has 1 rings (SSSR count). The second-order valence-corrected chi connectivity index (χ2v) is 11.9. The van der Waals surface area contributed by atoms with Crippen molar-refractivity contribution < 1.29 is 9.84 Å². The quantitative estimate of drug-likeness (QED) is 0.118. The number of hydrogen-bond donors (Lipinski definition) is 1. The summed E-state index contributed by atoms with van der Waals surface area (Å²) in [5.41, 5.74) is 5.55. The molecule has 0 saturated carbocycles. The molecule has 1 aliphatic rings. The highest BCUT2D eigenvalue weighted by molar-refractivity contribution is 5.37. The maximum Gasteiger partial charge on any atom is 0.121 e. The Morgan fingerprint density at radius 2 is 1.53 bits per heavy atom. The Balaban J connectivity index is 0.0000137. The minimum absolute atomic E-state index is 0. The minimum Gasteiger partial charge on any atom is -0.493 e. The average Bonchev–Trinajstić information content (AvgIpc) is 2.87. The summed E-state index contributed by atoms with van der Waals surface area (Å²) in [6.07, 6.45) is 26.4. The lowest BCUT2D eigenvalue weighted by Crippen LogP contribution is -2.23. The lowest BCUT2D eigenvalue weighted by Gasteiger charge is -2.29. The molecule has 0 spiro atoms. The number of allylic oxidation sites excluding steroid dienone is 5. The molecule has 3 atom stereocenters. The fraction of sp³-hybridized carbons (Fsp3) is 0.778. The molecule has 0 aromatic heterocycles. The molecule has 3 unspecified atom stereocenters. The van der Waals surface area contributed by atoms with E-state index in [-0.39, 0.29) is 19.4 Å². The van der Waals surface area contributed by atoms with Crippen LogP contribution in [0.3, 0.4) is 0 Å². The van der Waals surface area contributed by atoms with Gasteiger partial charge in [-0.15, -0.1) is 0 Å². The van der Waals surface area contributed by atoms with Crippen molar-refractivity contribution in [3.8, 4) is 0 Å². The van der Waals surface area contributed by atoms with Crippen LogP contribution in [-0.4, -0.2) is 17.8 Å². The van der Waals surface area contributed by atoms with Crippen LogP contribution in [0.25, 0.3) is 0 Å². The van der Waals surface area contributed by atoms with E-state index in [1.54, 1.807) is 11.1 Å². The largest absolute Gasteiger partial charge is 0.493 e. The number of hydrogen-bond acceptors (Lipinski definition) is 2. The highest BCUT2D eigenvalue weighted by Crippen LogP contribution is 2.34. The minimum atomic E-state index is -0.385. The molecule has 0 bridgehead atoms. The predicted octanol–water partition coefficient (Wildman–Crippen LogP) is 11.7. The molecule has 222 valence electrons. The van der Waals surface area contributed by atoms with Gasteiger partial charge in [0.1, 0.15) is 5.76 Å². The molecule has 0 aliphatic heterocycles. The van der Waals surface area contributed by atoms with Crippen molar-refractivity contribution in [3.05, 3.63) is 46.3 Å². The molecular weight excluding hydrogens is 464 g/mol. The zero-order chi connectivity index (χ0) is 27.5. The summed E-state index contributed by atoms with van der Waals surface area (Å²) in [7, 11) is 0. The van der Waals surface area contributed by atoms with Crippen molar-refractivity contribution in [2.24, 2.45) is 11.8 Å². The van der Waals surface area contributed by atoms with Gasteiger partial charge in [-0.05, 0) is 95.3 Å². The number of aliphatic hydroxyl groups excluding tert-OH is 1. The van der Waals surface area contributed by atoms with E-state index in [0.29, 0.717) is 5.92 Å². The van der Waals surface area contributed by atoms with E-state index >= 15 is 0 Å². The van der Waals surface area contributed by atoms with Crippen molar-refractivity contribution in [2.75, 3.05) is 6.61 Å². The Morgan fingerprint density at radius 1 is 0.895 bits per heavy atom. The van der Waals surface area contributed by atoms with Gasteiger partial charge in [0.2, 0.25) is 0 Å². The van der Waals surface area contributed by atoms with Crippen molar-refractivity contribution in [1.29, 1.82) is 0 Å². The van der Waals surface area contributed by atoms with Gasteiger partial charge in [0.15, 0.2) is 0 Å². The second kappa shape index (κ2) is 22.5. The van der Waals surface area contributed by atoms with Gasteiger partial charge in [-0.2, -0.15) is 0 Å².